The van der Waals surface area contributed by atoms with Crippen LogP contribution in [0.1, 0.15) is 62.4 Å². The molecule has 2 saturated carbocycles. The monoisotopic (exact) mass is 322 g/mol. The predicted molar refractivity (Wildman–Crippen MR) is 89.0 cm³/mol. The van der Waals surface area contributed by atoms with Crippen molar-refractivity contribution in [1.82, 2.24) is 14.8 Å². The van der Waals surface area contributed by atoms with Gasteiger partial charge in [-0.1, -0.05) is 30.3 Å². The minimum Gasteiger partial charge on any atom is -0.382 e. The molecule has 2 aromatic rings. The molecule has 0 unspecified atom stereocenters. The maximum atomic E-state index is 11.1. The molecule has 1 aromatic carbocycles. The second-order valence-electron chi connectivity index (χ2n) is 7.22. The molecule has 0 saturated heterocycles. The van der Waals surface area contributed by atoms with E-state index in [0.29, 0.717) is 37.5 Å². The van der Waals surface area contributed by atoms with Crippen LogP contribution in [0.2, 0.25) is 0 Å². The van der Waals surface area contributed by atoms with Crippen LogP contribution in [0.3, 0.4) is 0 Å². The van der Waals surface area contributed by atoms with E-state index in [1.807, 2.05) is 35.0 Å². The van der Waals surface area contributed by atoms with Gasteiger partial charge in [-0.15, -0.1) is 0 Å². The predicted octanol–water partition coefficient (Wildman–Crippen LogP) is 3.23. The number of aliphatic hydroxyl groups is 1. The lowest BCUT2D eigenvalue weighted by Gasteiger charge is -2.39. The molecule has 0 radical (unpaired) electrons. The molecule has 2 aliphatic rings. The zero-order chi connectivity index (χ0) is 16.6. The van der Waals surface area contributed by atoms with Crippen LogP contribution in [-0.4, -0.2) is 19.9 Å². The average Bonchev–Trinajstić information content (AvgIpc) is 3.05. The third kappa shape index (κ3) is 2.42. The average molecular weight is 322 g/mol. The van der Waals surface area contributed by atoms with Crippen LogP contribution in [0, 0.1) is 11.3 Å². The molecule has 0 aliphatic heterocycles. The molecule has 124 valence electrons. The fourth-order valence-corrected chi connectivity index (χ4v) is 3.85. The van der Waals surface area contributed by atoms with E-state index in [1.54, 1.807) is 6.33 Å². The number of hydrogen-bond donors (Lipinski definition) is 1. The summed E-state index contributed by atoms with van der Waals surface area (Å²) in [6.07, 6.45) is 7.57. The van der Waals surface area contributed by atoms with Gasteiger partial charge in [0, 0.05) is 0 Å². The quantitative estimate of drug-likeness (QED) is 0.941. The highest BCUT2D eigenvalue weighted by Crippen LogP contribution is 2.46. The highest BCUT2D eigenvalue weighted by atomic mass is 16.3. The number of rotatable bonds is 3. The van der Waals surface area contributed by atoms with Gasteiger partial charge in [0.15, 0.2) is 5.82 Å². The minimum atomic E-state index is -1.01. The van der Waals surface area contributed by atoms with Crippen molar-refractivity contribution >= 4 is 0 Å². The van der Waals surface area contributed by atoms with Crippen LogP contribution >= 0.6 is 0 Å². The van der Waals surface area contributed by atoms with Crippen LogP contribution in [0.25, 0.3) is 0 Å². The van der Waals surface area contributed by atoms with Gasteiger partial charge < -0.3 is 5.11 Å². The van der Waals surface area contributed by atoms with Crippen LogP contribution in [0.15, 0.2) is 36.7 Å². The Bertz CT molecular complexity index is 749. The summed E-state index contributed by atoms with van der Waals surface area (Å²) < 4.78 is 1.90. The van der Waals surface area contributed by atoms with Gasteiger partial charge in [0.1, 0.15) is 11.9 Å². The van der Waals surface area contributed by atoms with Gasteiger partial charge in [0.2, 0.25) is 0 Å². The molecule has 0 amide bonds. The molecule has 1 N–H and O–H groups in total. The Kier molecular flexibility index (Phi) is 3.65. The topological polar surface area (TPSA) is 74.7 Å². The molecular formula is C19H22N4O. The first-order valence-corrected chi connectivity index (χ1v) is 8.76. The maximum absolute atomic E-state index is 11.1. The van der Waals surface area contributed by atoms with Gasteiger partial charge in [-0.3, -0.25) is 0 Å². The van der Waals surface area contributed by atoms with Crippen molar-refractivity contribution in [2.24, 2.45) is 0 Å². The van der Waals surface area contributed by atoms with E-state index in [-0.39, 0.29) is 0 Å². The van der Waals surface area contributed by atoms with E-state index in [2.05, 4.69) is 16.2 Å². The second-order valence-corrected chi connectivity index (χ2v) is 7.22. The molecule has 2 aliphatic carbocycles. The van der Waals surface area contributed by atoms with Crippen LogP contribution < -0.4 is 0 Å². The fourth-order valence-electron chi connectivity index (χ4n) is 3.85. The lowest BCUT2D eigenvalue weighted by molar-refractivity contribution is -0.0219. The third-order valence-electron chi connectivity index (χ3n) is 5.84. The molecule has 0 bridgehead atoms. The molecule has 0 spiro atoms. The van der Waals surface area contributed by atoms with Crippen LogP contribution in [0.5, 0.6) is 0 Å². The first kappa shape index (κ1) is 15.3. The first-order chi connectivity index (χ1) is 11.7. The van der Waals surface area contributed by atoms with E-state index in [0.717, 1.165) is 18.4 Å². The summed E-state index contributed by atoms with van der Waals surface area (Å²) >= 11 is 0. The normalized spacial score (nSPS) is 30.5. The summed E-state index contributed by atoms with van der Waals surface area (Å²) in [5.74, 6) is 0.522. The maximum Gasteiger partial charge on any atom is 0.182 e. The van der Waals surface area contributed by atoms with Crippen LogP contribution in [-0.2, 0) is 11.0 Å². The van der Waals surface area contributed by atoms with Gasteiger partial charge in [-0.05, 0) is 50.5 Å². The zero-order valence-corrected chi connectivity index (χ0v) is 13.7. The lowest BCUT2D eigenvalue weighted by Crippen LogP contribution is -2.39. The number of nitriles is 1. The molecule has 4 rings (SSSR count). The van der Waals surface area contributed by atoms with Crippen molar-refractivity contribution in [2.75, 3.05) is 0 Å². The van der Waals surface area contributed by atoms with Crippen molar-refractivity contribution in [2.45, 2.75) is 62.0 Å². The van der Waals surface area contributed by atoms with Gasteiger partial charge in [-0.25, -0.2) is 9.67 Å². The molecular weight excluding hydrogens is 300 g/mol. The van der Waals surface area contributed by atoms with E-state index in [1.165, 1.54) is 6.42 Å². The molecule has 2 fully saturated rings. The molecule has 1 aromatic heterocycles. The fraction of sp³-hybridized carbons (Fsp3) is 0.526. The van der Waals surface area contributed by atoms with E-state index in [9.17, 15) is 10.4 Å². The van der Waals surface area contributed by atoms with E-state index in [4.69, 9.17) is 0 Å². The Morgan fingerprint density at radius 1 is 1.12 bits per heavy atom. The number of aromatic nitrogens is 3. The first-order valence-electron chi connectivity index (χ1n) is 8.76. The van der Waals surface area contributed by atoms with Gasteiger partial charge in [0.05, 0.1) is 17.5 Å². The molecule has 24 heavy (non-hydrogen) atoms. The largest absolute Gasteiger partial charge is 0.382 e. The van der Waals surface area contributed by atoms with Crippen LogP contribution in [0.4, 0.5) is 0 Å². The third-order valence-corrected chi connectivity index (χ3v) is 5.84. The van der Waals surface area contributed by atoms with Crippen molar-refractivity contribution < 1.29 is 5.11 Å². The summed E-state index contributed by atoms with van der Waals surface area (Å²) in [7, 11) is 0. The Morgan fingerprint density at radius 2 is 1.83 bits per heavy atom. The summed E-state index contributed by atoms with van der Waals surface area (Å²) in [4.78, 5) is 4.38. The molecule has 1 heterocycles. The van der Waals surface area contributed by atoms with Crippen molar-refractivity contribution in [1.29, 1.82) is 5.26 Å². The lowest BCUT2D eigenvalue weighted by atomic mass is 9.66. The minimum absolute atomic E-state index is 0.445. The number of benzene rings is 1. The zero-order valence-electron chi connectivity index (χ0n) is 13.7. The number of nitrogens with zero attached hydrogens (tertiary/aromatic N) is 4. The summed E-state index contributed by atoms with van der Waals surface area (Å²) in [6, 6.07) is 12.9. The summed E-state index contributed by atoms with van der Waals surface area (Å²) in [6.45, 7) is 0. The van der Waals surface area contributed by atoms with Crippen molar-refractivity contribution in [3.8, 4) is 6.07 Å². The smallest absolute Gasteiger partial charge is 0.182 e. The standard InChI is InChI=1S/C19H22N4O/c20-13-18(15-5-2-1-3-6-15)9-11-19(24,12-10-18)17-21-14-23(22-17)16-7-4-8-16/h1-3,5-6,14,16,24H,4,7-12H2. The Labute approximate surface area is 142 Å². The molecule has 0 atom stereocenters. The highest BCUT2D eigenvalue weighted by molar-refractivity contribution is 5.33. The van der Waals surface area contributed by atoms with E-state index >= 15 is 0 Å². The second kappa shape index (κ2) is 5.71. The van der Waals surface area contributed by atoms with Crippen molar-refractivity contribution in [3.05, 3.63) is 48.0 Å². The highest BCUT2D eigenvalue weighted by Gasteiger charge is 2.46. The van der Waals surface area contributed by atoms with Gasteiger partial charge in [-0.2, -0.15) is 10.4 Å². The summed E-state index contributed by atoms with van der Waals surface area (Å²) in [5, 5.41) is 25.4. The summed E-state index contributed by atoms with van der Waals surface area (Å²) in [5.41, 5.74) is -0.476. The Balaban J connectivity index is 1.54. The molecule has 5 heteroatoms. The van der Waals surface area contributed by atoms with Crippen molar-refractivity contribution in [3.63, 3.8) is 0 Å². The SMILES string of the molecule is N#CC1(c2ccccc2)CCC(O)(c2ncn(C3CCC3)n2)CC1. The Morgan fingerprint density at radius 3 is 2.42 bits per heavy atom. The number of hydrogen-bond acceptors (Lipinski definition) is 4. The van der Waals surface area contributed by atoms with Gasteiger partial charge >= 0.3 is 0 Å². The Hall–Kier alpha value is -2.19. The molecule has 5 nitrogen and oxygen atoms in total. The van der Waals surface area contributed by atoms with E-state index < -0.39 is 11.0 Å². The van der Waals surface area contributed by atoms with Gasteiger partial charge in [0.25, 0.3) is 0 Å².